The first-order valence-corrected chi connectivity index (χ1v) is 5.88. The summed E-state index contributed by atoms with van der Waals surface area (Å²) in [5.41, 5.74) is -0.143. The van der Waals surface area contributed by atoms with Crippen molar-refractivity contribution in [3.63, 3.8) is 0 Å². The third kappa shape index (κ3) is 2.06. The molecule has 86 valence electrons. The quantitative estimate of drug-likeness (QED) is 0.608. The predicted octanol–water partition coefficient (Wildman–Crippen LogP) is -0.723. The summed E-state index contributed by atoms with van der Waals surface area (Å²) < 4.78 is 6.53. The van der Waals surface area contributed by atoms with Gasteiger partial charge < -0.3 is 4.74 Å². The Balaban J connectivity index is 2.59. The number of nitrogens with zero attached hydrogens (tertiary/aromatic N) is 2. The number of carbonyl (C=O) groups excluding carboxylic acids is 1. The van der Waals surface area contributed by atoms with Crippen LogP contribution in [0, 0.1) is 0 Å². The average Bonchev–Trinajstić information content (AvgIpc) is 2.48. The summed E-state index contributed by atoms with van der Waals surface area (Å²) in [4.78, 5) is 28.0. The summed E-state index contributed by atoms with van der Waals surface area (Å²) in [6.07, 6.45) is 3.18. The van der Waals surface area contributed by atoms with Crippen LogP contribution in [0.2, 0.25) is 0 Å². The van der Waals surface area contributed by atoms with Crippen molar-refractivity contribution in [1.82, 2.24) is 4.57 Å². The molecule has 16 heavy (non-hydrogen) atoms. The van der Waals surface area contributed by atoms with Crippen molar-refractivity contribution in [3.8, 4) is 0 Å². The normalized spacial score (nSPS) is 16.2. The number of ether oxygens (including phenoxy) is 1. The molecule has 0 saturated heterocycles. The number of hydrogen-bond donors (Lipinski definition) is 0. The molecule has 2 heterocycles. The Kier molecular flexibility index (Phi) is 3.19. The molecule has 1 aromatic heterocycles. The molecular weight excluding hydrogens is 228 g/mol. The number of thiazole rings is 1. The minimum Gasteiger partial charge on any atom is -0.466 e. The molecule has 0 unspecified atom stereocenters. The largest absolute Gasteiger partial charge is 0.466 e. The van der Waals surface area contributed by atoms with Gasteiger partial charge in [-0.1, -0.05) is 11.3 Å². The Bertz CT molecular complexity index is 570. The summed E-state index contributed by atoms with van der Waals surface area (Å²) >= 11 is 1.25. The van der Waals surface area contributed by atoms with Gasteiger partial charge in [0.05, 0.1) is 7.11 Å². The molecule has 0 N–H and O–H groups in total. The van der Waals surface area contributed by atoms with E-state index in [1.54, 1.807) is 4.57 Å². The summed E-state index contributed by atoms with van der Waals surface area (Å²) in [5, 5.41) is 0. The van der Waals surface area contributed by atoms with Gasteiger partial charge in [-0.05, 0) is 12.8 Å². The highest BCUT2D eigenvalue weighted by Gasteiger charge is 2.08. The zero-order valence-corrected chi connectivity index (χ0v) is 9.75. The molecule has 0 fully saturated rings. The lowest BCUT2D eigenvalue weighted by atomic mass is 10.3. The Morgan fingerprint density at radius 2 is 2.38 bits per heavy atom. The lowest BCUT2D eigenvalue weighted by Crippen LogP contribution is -2.31. The van der Waals surface area contributed by atoms with Crippen LogP contribution in [0.5, 0.6) is 0 Å². The number of rotatable bonds is 1. The van der Waals surface area contributed by atoms with Crippen LogP contribution < -0.4 is 14.9 Å². The smallest absolute Gasteiger partial charge is 0.332 e. The van der Waals surface area contributed by atoms with Gasteiger partial charge in [0, 0.05) is 19.2 Å². The molecule has 0 bridgehead atoms. The summed E-state index contributed by atoms with van der Waals surface area (Å²) in [5.74, 6) is -0.505. The second-order valence-electron chi connectivity index (χ2n) is 3.46. The van der Waals surface area contributed by atoms with E-state index in [9.17, 15) is 9.59 Å². The zero-order chi connectivity index (χ0) is 11.5. The van der Waals surface area contributed by atoms with E-state index in [1.165, 1.54) is 24.5 Å². The van der Waals surface area contributed by atoms with Crippen LogP contribution in [0.15, 0.2) is 9.79 Å². The number of fused-ring (bicyclic) bond motifs is 1. The minimum atomic E-state index is -0.505. The van der Waals surface area contributed by atoms with E-state index in [-0.39, 0.29) is 5.56 Å². The molecule has 1 aliphatic rings. The van der Waals surface area contributed by atoms with Gasteiger partial charge in [0.25, 0.3) is 5.56 Å². The van der Waals surface area contributed by atoms with Gasteiger partial charge in [-0.3, -0.25) is 14.4 Å². The molecular formula is C10H12N2O3S. The first-order chi connectivity index (χ1) is 7.72. The number of methoxy groups -OCH3 is 1. The van der Waals surface area contributed by atoms with Crippen molar-refractivity contribution in [2.24, 2.45) is 4.99 Å². The number of esters is 1. The van der Waals surface area contributed by atoms with Crippen LogP contribution in [0.3, 0.4) is 0 Å². The standard InChI is InChI=1S/C10H12N2O3S/c1-15-8(13)6-7-9(14)12-5-3-2-4-11-10(12)16-7/h6H,2-5H2,1H3. The Morgan fingerprint density at radius 3 is 3.12 bits per heavy atom. The van der Waals surface area contributed by atoms with Crippen LogP contribution in [0.25, 0.3) is 6.08 Å². The highest BCUT2D eigenvalue weighted by Crippen LogP contribution is 1.95. The van der Waals surface area contributed by atoms with Gasteiger partial charge in [-0.25, -0.2) is 4.79 Å². The Hall–Kier alpha value is -1.43. The fraction of sp³-hybridized carbons (Fsp3) is 0.500. The summed E-state index contributed by atoms with van der Waals surface area (Å²) in [6.45, 7) is 1.43. The summed E-state index contributed by atoms with van der Waals surface area (Å²) in [6, 6.07) is 0. The van der Waals surface area contributed by atoms with E-state index < -0.39 is 5.97 Å². The van der Waals surface area contributed by atoms with Crippen LogP contribution in [-0.4, -0.2) is 24.2 Å². The number of aromatic nitrogens is 1. The van der Waals surface area contributed by atoms with Crippen LogP contribution in [0.4, 0.5) is 0 Å². The Labute approximate surface area is 95.7 Å². The molecule has 0 amide bonds. The van der Waals surface area contributed by atoms with Crippen molar-refractivity contribution >= 4 is 23.4 Å². The van der Waals surface area contributed by atoms with Crippen LogP contribution in [-0.2, 0) is 16.1 Å². The molecule has 1 aliphatic heterocycles. The third-order valence-corrected chi connectivity index (χ3v) is 3.42. The van der Waals surface area contributed by atoms with Gasteiger partial charge in [-0.15, -0.1) is 0 Å². The van der Waals surface area contributed by atoms with Gasteiger partial charge in [0.2, 0.25) is 0 Å². The van der Waals surface area contributed by atoms with Crippen molar-refractivity contribution in [3.05, 3.63) is 19.7 Å². The van der Waals surface area contributed by atoms with Gasteiger partial charge in [-0.2, -0.15) is 0 Å². The molecule has 0 aromatic carbocycles. The van der Waals surface area contributed by atoms with Crippen molar-refractivity contribution in [1.29, 1.82) is 0 Å². The zero-order valence-electron chi connectivity index (χ0n) is 8.93. The van der Waals surface area contributed by atoms with E-state index in [2.05, 4.69) is 9.73 Å². The second-order valence-corrected chi connectivity index (χ2v) is 4.47. The van der Waals surface area contributed by atoms with Crippen LogP contribution >= 0.6 is 11.3 Å². The van der Waals surface area contributed by atoms with E-state index in [0.717, 1.165) is 19.4 Å². The summed E-state index contributed by atoms with van der Waals surface area (Å²) in [7, 11) is 1.29. The monoisotopic (exact) mass is 240 g/mol. The maximum absolute atomic E-state index is 11.9. The second kappa shape index (κ2) is 4.61. The van der Waals surface area contributed by atoms with E-state index in [0.29, 0.717) is 15.9 Å². The Morgan fingerprint density at radius 1 is 1.56 bits per heavy atom. The number of hydrogen-bond acceptors (Lipinski definition) is 5. The molecule has 0 radical (unpaired) electrons. The van der Waals surface area contributed by atoms with Crippen LogP contribution in [0.1, 0.15) is 12.8 Å². The highest BCUT2D eigenvalue weighted by molar-refractivity contribution is 7.07. The fourth-order valence-electron chi connectivity index (χ4n) is 1.55. The minimum absolute atomic E-state index is 0.143. The maximum atomic E-state index is 11.9. The predicted molar refractivity (Wildman–Crippen MR) is 59.9 cm³/mol. The molecule has 0 atom stereocenters. The van der Waals surface area contributed by atoms with E-state index >= 15 is 0 Å². The molecule has 2 rings (SSSR count). The molecule has 5 nitrogen and oxygen atoms in total. The number of carbonyl (C=O) groups is 1. The first kappa shape index (κ1) is 11.1. The van der Waals surface area contributed by atoms with E-state index in [4.69, 9.17) is 0 Å². The third-order valence-electron chi connectivity index (χ3n) is 2.38. The molecule has 0 saturated carbocycles. The van der Waals surface area contributed by atoms with E-state index in [1.807, 2.05) is 0 Å². The molecule has 1 aromatic rings. The lowest BCUT2D eigenvalue weighted by Gasteiger charge is -1.94. The van der Waals surface area contributed by atoms with Gasteiger partial charge in [0.15, 0.2) is 4.80 Å². The molecule has 0 aliphatic carbocycles. The fourth-order valence-corrected chi connectivity index (χ4v) is 2.53. The first-order valence-electron chi connectivity index (χ1n) is 5.06. The SMILES string of the molecule is COC(=O)C=c1sc2n(c1=O)CCCCN=2. The van der Waals surface area contributed by atoms with Gasteiger partial charge >= 0.3 is 5.97 Å². The molecule has 6 heteroatoms. The van der Waals surface area contributed by atoms with Crippen molar-refractivity contribution in [2.75, 3.05) is 13.7 Å². The molecule has 0 spiro atoms. The van der Waals surface area contributed by atoms with Crippen molar-refractivity contribution < 1.29 is 9.53 Å². The highest BCUT2D eigenvalue weighted by atomic mass is 32.1. The topological polar surface area (TPSA) is 60.7 Å². The van der Waals surface area contributed by atoms with Gasteiger partial charge in [0.1, 0.15) is 4.53 Å². The maximum Gasteiger partial charge on any atom is 0.332 e. The average molecular weight is 240 g/mol. The van der Waals surface area contributed by atoms with Crippen molar-refractivity contribution in [2.45, 2.75) is 19.4 Å². The lowest BCUT2D eigenvalue weighted by molar-refractivity contribution is -0.133.